The Morgan fingerprint density at radius 3 is 2.20 bits per heavy atom. The molecule has 2 aliphatic heterocycles. The fourth-order valence-electron chi connectivity index (χ4n) is 10.2. The summed E-state index contributed by atoms with van der Waals surface area (Å²) < 4.78 is 11.1. The van der Waals surface area contributed by atoms with Gasteiger partial charge in [0.1, 0.15) is 12.5 Å². The molecule has 5 atom stereocenters. The fourth-order valence-corrected chi connectivity index (χ4v) is 10.2. The number of methoxy groups -OCH3 is 1. The average Bonchev–Trinajstić information content (AvgIpc) is 3.99. The molecule has 3 aromatic heterocycles. The van der Waals surface area contributed by atoms with E-state index in [-0.39, 0.29) is 59.7 Å². The molecule has 346 valence electrons. The van der Waals surface area contributed by atoms with Gasteiger partial charge in [-0.15, -0.1) is 11.4 Å². The number of carbonyl (C=O) groups is 3. The van der Waals surface area contributed by atoms with Gasteiger partial charge >= 0.3 is 35.0 Å². The van der Waals surface area contributed by atoms with Crippen molar-refractivity contribution in [3.05, 3.63) is 102 Å². The third kappa shape index (κ3) is 11.6. The maximum absolute atomic E-state index is 14.4. The van der Waals surface area contributed by atoms with Gasteiger partial charge in [0.2, 0.25) is 0 Å². The molecule has 10 heteroatoms. The number of Topliss-reactive ketones (excluding diaryl/α,β-unsaturated/α-hetero) is 1. The van der Waals surface area contributed by atoms with Crippen LogP contribution in [-0.4, -0.2) is 64.5 Å². The first-order chi connectivity index (χ1) is 30.6. The van der Waals surface area contributed by atoms with E-state index in [1.807, 2.05) is 25.2 Å². The summed E-state index contributed by atoms with van der Waals surface area (Å²) >= 11 is 0. The number of nitrogens with zero attached hydrogens (tertiary/aromatic N) is 2. The van der Waals surface area contributed by atoms with Gasteiger partial charge in [0.25, 0.3) is 0 Å². The minimum absolute atomic E-state index is 0. The molecular weight excluding hydrogens is 821 g/mol. The van der Waals surface area contributed by atoms with Gasteiger partial charge in [0, 0.05) is 39.6 Å². The number of ether oxygens (including phenoxy) is 2. The molecule has 0 aromatic carbocycles. The molecule has 3 aromatic rings. The third-order valence-electron chi connectivity index (χ3n) is 14.4. The number of carbonyl (C=O) groups excluding carboxylic acids is 3. The third-order valence-corrected chi connectivity index (χ3v) is 14.4. The van der Waals surface area contributed by atoms with E-state index in [1.165, 1.54) is 57.6 Å². The average molecular weight is 896 g/mol. The predicted octanol–water partition coefficient (Wildman–Crippen LogP) is 11.1. The normalized spacial score (nSPS) is 21.7. The van der Waals surface area contributed by atoms with Crippen LogP contribution in [0.15, 0.2) is 29.6 Å². The van der Waals surface area contributed by atoms with Gasteiger partial charge in [-0.05, 0) is 112 Å². The van der Waals surface area contributed by atoms with Crippen LogP contribution in [0.3, 0.4) is 0 Å². The number of nitrogens with one attached hydrogen (secondary N) is 2. The Bertz CT molecular complexity index is 2450. The Kier molecular flexibility index (Phi) is 18.3. The van der Waals surface area contributed by atoms with Crippen molar-refractivity contribution < 1.29 is 23.9 Å². The van der Waals surface area contributed by atoms with Crippen LogP contribution < -0.4 is 15.7 Å². The zero-order chi connectivity index (χ0) is 46.4. The molecule has 65 heavy (non-hydrogen) atoms. The monoisotopic (exact) mass is 895 g/mol. The van der Waals surface area contributed by atoms with Crippen LogP contribution in [0.4, 0.5) is 0 Å². The van der Waals surface area contributed by atoms with Gasteiger partial charge < -0.3 is 29.7 Å². The summed E-state index contributed by atoms with van der Waals surface area (Å²) in [5, 5.41) is 7.16. The Hall–Kier alpha value is -4.28. The minimum Gasteiger partial charge on any atom is -0.664 e. The summed E-state index contributed by atoms with van der Waals surface area (Å²) in [5.74, 6) is -0.604. The maximum Gasteiger partial charge on any atom is 2.00 e. The second-order valence-corrected chi connectivity index (χ2v) is 19.6. The molecule has 3 aliphatic rings. The van der Waals surface area contributed by atoms with Crippen LogP contribution >= 0.6 is 0 Å². The number of esters is 2. The summed E-state index contributed by atoms with van der Waals surface area (Å²) in [6.45, 7) is 26.2. The maximum atomic E-state index is 14.4. The Morgan fingerprint density at radius 2 is 1.55 bits per heavy atom. The molecule has 8 bridgehead atoms. The van der Waals surface area contributed by atoms with Gasteiger partial charge in [-0.25, -0.2) is 0 Å². The van der Waals surface area contributed by atoms with Crippen LogP contribution in [0.5, 0.6) is 0 Å². The number of rotatable bonds is 20. The van der Waals surface area contributed by atoms with Gasteiger partial charge in [-0.3, -0.25) is 14.4 Å². The van der Waals surface area contributed by atoms with E-state index in [9.17, 15) is 14.4 Å². The summed E-state index contributed by atoms with van der Waals surface area (Å²) in [4.78, 5) is 53.8. The number of ketones is 1. The Morgan fingerprint density at radius 1 is 0.877 bits per heavy atom. The van der Waals surface area contributed by atoms with E-state index in [1.54, 1.807) is 0 Å². The topological polar surface area (TPSA) is 129 Å². The second-order valence-electron chi connectivity index (χ2n) is 19.6. The van der Waals surface area contributed by atoms with Crippen molar-refractivity contribution in [3.63, 3.8) is 0 Å². The van der Waals surface area contributed by atoms with Crippen LogP contribution in [0.2, 0.25) is 0 Å². The van der Waals surface area contributed by atoms with Gasteiger partial charge in [0.15, 0.2) is 5.78 Å². The Balaban J connectivity index is 0.00000793. The van der Waals surface area contributed by atoms with Crippen molar-refractivity contribution in [2.75, 3.05) is 13.7 Å². The number of hydrogen-bond donors (Lipinski definition) is 2. The summed E-state index contributed by atoms with van der Waals surface area (Å²) in [6.07, 6.45) is 22.8. The van der Waals surface area contributed by atoms with E-state index in [0.717, 1.165) is 81.1 Å². The van der Waals surface area contributed by atoms with Crippen molar-refractivity contribution in [2.45, 2.75) is 146 Å². The molecule has 1 fully saturated rings. The van der Waals surface area contributed by atoms with Crippen LogP contribution in [0.1, 0.15) is 180 Å². The summed E-state index contributed by atoms with van der Waals surface area (Å²) in [7, 11) is 1.30. The number of aromatic amines is 2. The van der Waals surface area contributed by atoms with E-state index < -0.39 is 11.9 Å². The van der Waals surface area contributed by atoms with Gasteiger partial charge in [-0.2, -0.15) is 11.4 Å². The molecule has 0 unspecified atom stereocenters. The Labute approximate surface area is 404 Å². The van der Waals surface area contributed by atoms with Crippen molar-refractivity contribution in [3.8, 4) is 0 Å². The quantitative estimate of drug-likeness (QED) is 0.0503. The van der Waals surface area contributed by atoms with E-state index in [4.69, 9.17) is 19.8 Å². The standard InChI is InChI=1S/C55H75N4O5.Mg/c1-13-39-35(8)42-28-44-37(10)41(24-25-48(60)64-27-26-34(7)23-17-22-33(6)21-16-20-32(5)19-15-18-31(3)4)52(58-44)50-51(55(62)63-12)54(61)49-38(11)45(59-53(49)50)30-47-40(14-2)36(9)43(57-47)29-46(39)56-42;/h13,26,28-33,37,41,51,56-57H,1,14-25,27H2,2-12H3,(H-,58,59,61);/q-1;+2/p-1/b34-26+,43-29-,44-28-,47-30-;/t32-,33-,37+,41+,51-;/m1./s1. The molecule has 1 saturated heterocycles. The summed E-state index contributed by atoms with van der Waals surface area (Å²) in [5.41, 5.74) is 11.5. The van der Waals surface area contributed by atoms with Crippen molar-refractivity contribution >= 4 is 70.7 Å². The molecule has 2 N–H and O–H groups in total. The molecule has 0 spiro atoms. The van der Waals surface area contributed by atoms with Gasteiger partial charge in [0.05, 0.1) is 7.11 Å². The van der Waals surface area contributed by atoms with Crippen molar-refractivity contribution in [1.82, 2.24) is 15.0 Å². The summed E-state index contributed by atoms with van der Waals surface area (Å²) in [6, 6.07) is 0. The van der Waals surface area contributed by atoms with Crippen molar-refractivity contribution in [2.24, 2.45) is 35.5 Å². The zero-order valence-electron chi connectivity index (χ0n) is 41.4. The molecule has 1 aliphatic carbocycles. The number of fused-ring (bicyclic) bond motifs is 7. The van der Waals surface area contributed by atoms with Crippen LogP contribution in [0, 0.1) is 56.3 Å². The number of allylic oxidation sites excluding steroid dienone is 3. The van der Waals surface area contributed by atoms with E-state index in [2.05, 4.69) is 91.0 Å². The first-order valence-electron chi connectivity index (χ1n) is 24.1. The van der Waals surface area contributed by atoms with Crippen molar-refractivity contribution in [1.29, 1.82) is 0 Å². The molecule has 0 amide bonds. The fraction of sp³-hybridized carbons (Fsp3) is 0.545. The number of aromatic nitrogens is 3. The van der Waals surface area contributed by atoms with E-state index in [0.29, 0.717) is 46.1 Å². The molecule has 6 rings (SSSR count). The SMILES string of the molecule is C=Cc1c2[nH]c(c1C)/C=C1\[N-]/C(=C3\c4[n-]c(c(C)c4C(=O)[C@@H]3C(=O)OC)/C=c3\[nH]/c(c(C)c3CC)=C\2)[C@@H](CCC(=O)OC/C=C(\C)CCC[C@H](C)CCC[C@H](C)CCCC(C)C)[C@@H]1C.[Mg+2]. The molecule has 5 heterocycles. The number of H-pyrrole nitrogens is 2. The largest absolute Gasteiger partial charge is 2.00 e. The molecule has 9 nitrogen and oxygen atoms in total. The first-order valence-corrected chi connectivity index (χ1v) is 24.1. The molecule has 0 radical (unpaired) electrons. The second kappa shape index (κ2) is 22.9. The van der Waals surface area contributed by atoms with E-state index >= 15 is 0 Å². The molecular formula is C55H74MgN4O5. The predicted molar refractivity (Wildman–Crippen MR) is 267 cm³/mol. The van der Waals surface area contributed by atoms with Gasteiger partial charge in [-0.1, -0.05) is 128 Å². The zero-order valence-corrected chi connectivity index (χ0v) is 42.8. The molecule has 0 saturated carbocycles. The number of hydrogen-bond acceptors (Lipinski definition) is 5. The minimum atomic E-state index is -1.20. The van der Waals surface area contributed by atoms with Crippen LogP contribution in [-0.2, 0) is 25.5 Å². The smallest absolute Gasteiger partial charge is 0.664 e. The first kappa shape index (κ1) is 51.7. The van der Waals surface area contributed by atoms with Crippen LogP contribution in [0.25, 0.3) is 35.2 Å².